The highest BCUT2D eigenvalue weighted by molar-refractivity contribution is 5.07. The highest BCUT2D eigenvalue weighted by atomic mass is 16.5. The van der Waals surface area contributed by atoms with E-state index < -0.39 is 0 Å². The van der Waals surface area contributed by atoms with Crippen molar-refractivity contribution >= 4 is 0 Å². The number of rotatable bonds is 5. The van der Waals surface area contributed by atoms with E-state index in [9.17, 15) is 0 Å². The summed E-state index contributed by atoms with van der Waals surface area (Å²) in [4.78, 5) is 0. The van der Waals surface area contributed by atoms with Crippen molar-refractivity contribution in [3.63, 3.8) is 0 Å². The Hall–Kier alpha value is -0.340. The summed E-state index contributed by atoms with van der Waals surface area (Å²) >= 11 is 0. The quantitative estimate of drug-likeness (QED) is 0.555. The normalized spacial score (nSPS) is 26.7. The molecule has 2 heteroatoms. The van der Waals surface area contributed by atoms with Gasteiger partial charge >= 0.3 is 0 Å². The molecule has 0 aromatic rings. The first-order valence-corrected chi connectivity index (χ1v) is 6.45. The lowest BCUT2D eigenvalue weighted by atomic mass is 10.1. The molecule has 1 aliphatic carbocycles. The Morgan fingerprint density at radius 3 is 3.07 bits per heavy atom. The van der Waals surface area contributed by atoms with Crippen LogP contribution in [0.3, 0.4) is 0 Å². The molecule has 86 valence electrons. The molecule has 2 rings (SSSR count). The maximum absolute atomic E-state index is 5.67. The molecule has 15 heavy (non-hydrogen) atoms. The van der Waals surface area contributed by atoms with Gasteiger partial charge in [0.25, 0.3) is 0 Å². The molecule has 0 saturated carbocycles. The largest absolute Gasteiger partial charge is 0.377 e. The van der Waals surface area contributed by atoms with E-state index in [1.54, 1.807) is 5.57 Å². The van der Waals surface area contributed by atoms with Crippen molar-refractivity contribution in [2.75, 3.05) is 19.7 Å². The Morgan fingerprint density at radius 1 is 1.33 bits per heavy atom. The van der Waals surface area contributed by atoms with Gasteiger partial charge in [0.05, 0.1) is 6.10 Å². The summed E-state index contributed by atoms with van der Waals surface area (Å²) in [6, 6.07) is 0. The van der Waals surface area contributed by atoms with Crippen LogP contribution in [0.1, 0.15) is 44.9 Å². The lowest BCUT2D eigenvalue weighted by molar-refractivity contribution is 0.0171. The second-order valence-corrected chi connectivity index (χ2v) is 4.70. The predicted molar refractivity (Wildman–Crippen MR) is 63.0 cm³/mol. The Morgan fingerprint density at radius 2 is 2.33 bits per heavy atom. The minimum Gasteiger partial charge on any atom is -0.377 e. The molecule has 1 N–H and O–H groups in total. The molecule has 0 aromatic heterocycles. The predicted octanol–water partition coefficient (Wildman–Crippen LogP) is 2.65. The van der Waals surface area contributed by atoms with Crippen molar-refractivity contribution in [3.8, 4) is 0 Å². The second-order valence-electron chi connectivity index (χ2n) is 4.70. The molecule has 0 spiro atoms. The van der Waals surface area contributed by atoms with Gasteiger partial charge < -0.3 is 10.1 Å². The number of hydrogen-bond acceptors (Lipinski definition) is 2. The average molecular weight is 209 g/mol. The summed E-state index contributed by atoms with van der Waals surface area (Å²) in [6.45, 7) is 3.15. The van der Waals surface area contributed by atoms with Gasteiger partial charge in [0.1, 0.15) is 0 Å². The zero-order valence-electron chi connectivity index (χ0n) is 9.63. The Labute approximate surface area is 93.1 Å². The highest BCUT2D eigenvalue weighted by Crippen LogP contribution is 2.19. The third-order valence-electron chi connectivity index (χ3n) is 3.40. The molecule has 0 aromatic carbocycles. The summed E-state index contributed by atoms with van der Waals surface area (Å²) in [5.41, 5.74) is 1.66. The van der Waals surface area contributed by atoms with E-state index in [2.05, 4.69) is 11.4 Å². The zero-order chi connectivity index (χ0) is 10.3. The average Bonchev–Trinajstić information content (AvgIpc) is 2.79. The topological polar surface area (TPSA) is 21.3 Å². The summed E-state index contributed by atoms with van der Waals surface area (Å²) < 4.78 is 5.67. The smallest absolute Gasteiger partial charge is 0.0699 e. The number of hydrogen-bond donors (Lipinski definition) is 1. The molecule has 1 unspecified atom stereocenters. The van der Waals surface area contributed by atoms with E-state index >= 15 is 0 Å². The molecule has 0 amide bonds. The first-order valence-electron chi connectivity index (χ1n) is 6.45. The van der Waals surface area contributed by atoms with Crippen molar-refractivity contribution in [2.24, 2.45) is 0 Å². The summed E-state index contributed by atoms with van der Waals surface area (Å²) in [5.74, 6) is 0. The molecule has 0 bridgehead atoms. The van der Waals surface area contributed by atoms with E-state index in [0.29, 0.717) is 6.10 Å². The molecule has 1 fully saturated rings. The number of ether oxygens (including phenoxy) is 1. The Balaban J connectivity index is 1.50. The van der Waals surface area contributed by atoms with E-state index in [1.807, 2.05) is 0 Å². The fraction of sp³-hybridized carbons (Fsp3) is 0.846. The first-order chi connectivity index (χ1) is 7.45. The maximum Gasteiger partial charge on any atom is 0.0699 e. The minimum absolute atomic E-state index is 0.483. The van der Waals surface area contributed by atoms with Crippen LogP contribution in [0, 0.1) is 0 Å². The van der Waals surface area contributed by atoms with Crippen LogP contribution >= 0.6 is 0 Å². The molecule has 0 radical (unpaired) electrons. The van der Waals surface area contributed by atoms with Crippen LogP contribution in [-0.2, 0) is 4.74 Å². The van der Waals surface area contributed by atoms with E-state index in [1.165, 1.54) is 44.9 Å². The van der Waals surface area contributed by atoms with Crippen molar-refractivity contribution in [1.82, 2.24) is 5.32 Å². The van der Waals surface area contributed by atoms with Gasteiger partial charge in [-0.3, -0.25) is 0 Å². The minimum atomic E-state index is 0.483. The van der Waals surface area contributed by atoms with Gasteiger partial charge in [-0.1, -0.05) is 11.6 Å². The number of nitrogens with one attached hydrogen (secondary N) is 1. The van der Waals surface area contributed by atoms with Crippen LogP contribution in [0.2, 0.25) is 0 Å². The molecular formula is C13H23NO. The summed E-state index contributed by atoms with van der Waals surface area (Å²) in [5, 5.41) is 3.52. The van der Waals surface area contributed by atoms with Crippen LogP contribution in [0.5, 0.6) is 0 Å². The van der Waals surface area contributed by atoms with E-state index in [-0.39, 0.29) is 0 Å². The molecular weight excluding hydrogens is 186 g/mol. The fourth-order valence-electron chi connectivity index (χ4n) is 2.44. The van der Waals surface area contributed by atoms with Gasteiger partial charge in [-0.05, 0) is 51.5 Å². The molecule has 2 aliphatic rings. The van der Waals surface area contributed by atoms with Crippen LogP contribution in [-0.4, -0.2) is 25.8 Å². The van der Waals surface area contributed by atoms with Gasteiger partial charge in [0, 0.05) is 13.2 Å². The molecule has 1 atom stereocenters. The second kappa shape index (κ2) is 6.29. The van der Waals surface area contributed by atoms with Gasteiger partial charge in [-0.2, -0.15) is 0 Å². The van der Waals surface area contributed by atoms with Gasteiger partial charge in [0.15, 0.2) is 0 Å². The zero-order valence-corrected chi connectivity index (χ0v) is 9.63. The van der Waals surface area contributed by atoms with Gasteiger partial charge in [-0.15, -0.1) is 0 Å². The lowest BCUT2D eigenvalue weighted by Crippen LogP contribution is -2.32. The molecule has 1 heterocycles. The highest BCUT2D eigenvalue weighted by Gasteiger charge is 2.12. The van der Waals surface area contributed by atoms with Crippen molar-refractivity contribution < 1.29 is 4.74 Å². The first kappa shape index (κ1) is 11.2. The van der Waals surface area contributed by atoms with Crippen molar-refractivity contribution in [3.05, 3.63) is 11.6 Å². The lowest BCUT2D eigenvalue weighted by Gasteiger charge is -2.22. The Bertz CT molecular complexity index is 207. The molecule has 1 saturated heterocycles. The van der Waals surface area contributed by atoms with Crippen molar-refractivity contribution in [1.29, 1.82) is 0 Å². The number of allylic oxidation sites excluding steroid dienone is 1. The molecule has 1 aliphatic heterocycles. The van der Waals surface area contributed by atoms with E-state index in [4.69, 9.17) is 4.74 Å². The third-order valence-corrected chi connectivity index (χ3v) is 3.40. The van der Waals surface area contributed by atoms with Crippen LogP contribution in [0.25, 0.3) is 0 Å². The Kier molecular flexibility index (Phi) is 4.68. The monoisotopic (exact) mass is 209 g/mol. The van der Waals surface area contributed by atoms with Crippen LogP contribution in [0.4, 0.5) is 0 Å². The standard InChI is InChI=1S/C13H23NO/c1-2-6-12(5-1)8-9-14-11-13-7-3-4-10-15-13/h5,13-14H,1-4,6-11H2. The van der Waals surface area contributed by atoms with E-state index in [0.717, 1.165) is 19.7 Å². The summed E-state index contributed by atoms with van der Waals surface area (Å²) in [7, 11) is 0. The third kappa shape index (κ3) is 3.96. The van der Waals surface area contributed by atoms with Crippen LogP contribution < -0.4 is 5.32 Å². The fourth-order valence-corrected chi connectivity index (χ4v) is 2.44. The van der Waals surface area contributed by atoms with Crippen molar-refractivity contribution in [2.45, 2.75) is 51.0 Å². The maximum atomic E-state index is 5.67. The van der Waals surface area contributed by atoms with Gasteiger partial charge in [-0.25, -0.2) is 0 Å². The summed E-state index contributed by atoms with van der Waals surface area (Å²) in [6.07, 6.45) is 12.0. The SMILES string of the molecule is C1=C(CCNCC2CCCCO2)CCC1. The van der Waals surface area contributed by atoms with Crippen LogP contribution in [0.15, 0.2) is 11.6 Å². The molecule has 2 nitrogen and oxygen atoms in total. The van der Waals surface area contributed by atoms with Gasteiger partial charge in [0.2, 0.25) is 0 Å².